The van der Waals surface area contributed by atoms with Gasteiger partial charge in [0.25, 0.3) is 0 Å². The van der Waals surface area contributed by atoms with Gasteiger partial charge in [0.2, 0.25) is 10.0 Å². The molecule has 2 rings (SSSR count). The molecule has 1 atom stereocenters. The van der Waals surface area contributed by atoms with Crippen molar-refractivity contribution < 1.29 is 8.42 Å². The summed E-state index contributed by atoms with van der Waals surface area (Å²) in [5.41, 5.74) is 1.16. The maximum Gasteiger partial charge on any atom is 0.213 e. The minimum absolute atomic E-state index is 0.138. The van der Waals surface area contributed by atoms with E-state index in [0.29, 0.717) is 19.6 Å². The molecule has 1 aromatic carbocycles. The van der Waals surface area contributed by atoms with Crippen LogP contribution in [-0.2, 0) is 10.0 Å². The normalized spacial score (nSPS) is 18.1. The number of halogens is 1. The first-order valence-electron chi connectivity index (χ1n) is 10.2. The molecule has 29 heavy (non-hydrogen) atoms. The fourth-order valence-corrected chi connectivity index (χ4v) is 4.66. The topological polar surface area (TPSA) is 77.0 Å². The largest absolute Gasteiger partial charge is 0.357 e. The van der Waals surface area contributed by atoms with Crippen LogP contribution in [-0.4, -0.2) is 75.7 Å². The molecule has 0 radical (unpaired) electrons. The van der Waals surface area contributed by atoms with E-state index in [0.717, 1.165) is 35.9 Å². The minimum atomic E-state index is -3.10. The van der Waals surface area contributed by atoms with Gasteiger partial charge in [-0.1, -0.05) is 23.7 Å². The van der Waals surface area contributed by atoms with Gasteiger partial charge in [-0.2, -0.15) is 0 Å². The van der Waals surface area contributed by atoms with Gasteiger partial charge < -0.3 is 15.5 Å². The number of aliphatic imine (C=N–C) groups is 1. The third-order valence-electron chi connectivity index (χ3n) is 5.20. The highest BCUT2D eigenvalue weighted by Gasteiger charge is 2.27. The standard InChI is InChI=1S/C20H34ClN5O2S/c1-5-22-20(24-18-11-13-26(14-12-18)29(27,28)6-2)23-15-19(25(3)4)16-7-9-17(21)10-8-16/h7-10,18-19H,5-6,11-15H2,1-4H3,(H2,22,23,24). The highest BCUT2D eigenvalue weighted by atomic mass is 35.5. The van der Waals surface area contributed by atoms with Crippen molar-refractivity contribution in [3.05, 3.63) is 34.9 Å². The quantitative estimate of drug-likeness (QED) is 0.476. The first-order valence-corrected chi connectivity index (χ1v) is 12.2. The highest BCUT2D eigenvalue weighted by molar-refractivity contribution is 7.89. The lowest BCUT2D eigenvalue weighted by Gasteiger charge is -2.32. The maximum atomic E-state index is 12.0. The van der Waals surface area contributed by atoms with Crippen molar-refractivity contribution in [2.75, 3.05) is 46.0 Å². The van der Waals surface area contributed by atoms with Crippen molar-refractivity contribution in [1.82, 2.24) is 19.8 Å². The first kappa shape index (κ1) is 23.9. The zero-order chi connectivity index (χ0) is 21.4. The van der Waals surface area contributed by atoms with Gasteiger partial charge in [0.15, 0.2) is 5.96 Å². The second-order valence-electron chi connectivity index (χ2n) is 7.47. The van der Waals surface area contributed by atoms with E-state index in [9.17, 15) is 8.42 Å². The number of piperidine rings is 1. The highest BCUT2D eigenvalue weighted by Crippen LogP contribution is 2.21. The molecular formula is C20H34ClN5O2S. The van der Waals surface area contributed by atoms with Gasteiger partial charge >= 0.3 is 0 Å². The third kappa shape index (κ3) is 7.13. The second-order valence-corrected chi connectivity index (χ2v) is 10.2. The molecule has 0 bridgehead atoms. The van der Waals surface area contributed by atoms with E-state index in [2.05, 4.69) is 15.5 Å². The van der Waals surface area contributed by atoms with Gasteiger partial charge in [0, 0.05) is 30.7 Å². The number of sulfonamides is 1. The van der Waals surface area contributed by atoms with Gasteiger partial charge in [0.1, 0.15) is 0 Å². The molecule has 0 aromatic heterocycles. The van der Waals surface area contributed by atoms with Crippen molar-refractivity contribution in [3.8, 4) is 0 Å². The molecule has 1 aromatic rings. The summed E-state index contributed by atoms with van der Waals surface area (Å²) in [6, 6.07) is 8.22. The molecule has 1 fully saturated rings. The Balaban J connectivity index is 2.01. The SMILES string of the molecule is CCNC(=NCC(c1ccc(Cl)cc1)N(C)C)NC1CCN(S(=O)(=O)CC)CC1. The molecule has 1 unspecified atom stereocenters. The fourth-order valence-electron chi connectivity index (χ4n) is 3.40. The number of benzene rings is 1. The molecule has 1 aliphatic heterocycles. The predicted molar refractivity (Wildman–Crippen MR) is 121 cm³/mol. The van der Waals surface area contributed by atoms with Crippen LogP contribution in [0, 0.1) is 0 Å². The van der Waals surface area contributed by atoms with E-state index in [4.69, 9.17) is 16.6 Å². The average molecular weight is 444 g/mol. The van der Waals surface area contributed by atoms with Crippen molar-refractivity contribution >= 4 is 27.6 Å². The monoisotopic (exact) mass is 443 g/mol. The molecule has 1 heterocycles. The molecule has 0 amide bonds. The molecule has 1 aliphatic rings. The molecular weight excluding hydrogens is 410 g/mol. The number of guanidine groups is 1. The van der Waals surface area contributed by atoms with Crippen LogP contribution in [0.5, 0.6) is 0 Å². The number of likely N-dealkylation sites (N-methyl/N-ethyl adjacent to an activating group) is 1. The Labute approximate surface area is 180 Å². The summed E-state index contributed by atoms with van der Waals surface area (Å²) in [5, 5.41) is 7.51. The van der Waals surface area contributed by atoms with Crippen LogP contribution in [0.25, 0.3) is 0 Å². The molecule has 9 heteroatoms. The fraction of sp³-hybridized carbons (Fsp3) is 0.650. The lowest BCUT2D eigenvalue weighted by atomic mass is 10.1. The molecule has 0 saturated carbocycles. The summed E-state index contributed by atoms with van der Waals surface area (Å²) < 4.78 is 25.7. The number of nitrogens with zero attached hydrogens (tertiary/aromatic N) is 3. The predicted octanol–water partition coefficient (Wildman–Crippen LogP) is 2.31. The second kappa shape index (κ2) is 11.2. The maximum absolute atomic E-state index is 12.0. The van der Waals surface area contributed by atoms with E-state index < -0.39 is 10.0 Å². The van der Waals surface area contributed by atoms with Crippen LogP contribution in [0.3, 0.4) is 0 Å². The molecule has 2 N–H and O–H groups in total. The van der Waals surface area contributed by atoms with Gasteiger partial charge in [-0.25, -0.2) is 12.7 Å². The van der Waals surface area contributed by atoms with Crippen LogP contribution in [0.15, 0.2) is 29.3 Å². The summed E-state index contributed by atoms with van der Waals surface area (Å²) in [4.78, 5) is 6.94. The zero-order valence-corrected chi connectivity index (χ0v) is 19.4. The number of hydrogen-bond donors (Lipinski definition) is 2. The van der Waals surface area contributed by atoms with Crippen molar-refractivity contribution in [3.63, 3.8) is 0 Å². The Hall–Kier alpha value is -1.35. The van der Waals surface area contributed by atoms with Gasteiger partial charge in [0.05, 0.1) is 18.3 Å². The van der Waals surface area contributed by atoms with Crippen molar-refractivity contribution in [1.29, 1.82) is 0 Å². The number of nitrogens with one attached hydrogen (secondary N) is 2. The van der Waals surface area contributed by atoms with Crippen LogP contribution < -0.4 is 10.6 Å². The molecule has 0 spiro atoms. The lowest BCUT2D eigenvalue weighted by molar-refractivity contribution is 0.301. The summed E-state index contributed by atoms with van der Waals surface area (Å²) in [6.45, 7) is 6.21. The van der Waals surface area contributed by atoms with E-state index in [-0.39, 0.29) is 17.8 Å². The van der Waals surface area contributed by atoms with Gasteiger partial charge in [-0.3, -0.25) is 4.99 Å². The van der Waals surface area contributed by atoms with E-state index in [1.165, 1.54) is 0 Å². The van der Waals surface area contributed by atoms with Gasteiger partial charge in [-0.05, 0) is 58.5 Å². The molecule has 164 valence electrons. The van der Waals surface area contributed by atoms with Crippen LogP contribution in [0.4, 0.5) is 0 Å². The number of rotatable bonds is 8. The molecule has 1 saturated heterocycles. The molecule has 0 aliphatic carbocycles. The molecule has 7 nitrogen and oxygen atoms in total. The Bertz CT molecular complexity index is 760. The van der Waals surface area contributed by atoms with E-state index in [1.54, 1.807) is 11.2 Å². The summed E-state index contributed by atoms with van der Waals surface area (Å²) >= 11 is 6.02. The van der Waals surface area contributed by atoms with E-state index >= 15 is 0 Å². The summed E-state index contributed by atoms with van der Waals surface area (Å²) in [5.74, 6) is 0.927. The van der Waals surface area contributed by atoms with Crippen molar-refractivity contribution in [2.24, 2.45) is 4.99 Å². The van der Waals surface area contributed by atoms with E-state index in [1.807, 2.05) is 45.3 Å². The Kier molecular flexibility index (Phi) is 9.20. The van der Waals surface area contributed by atoms with Crippen LogP contribution in [0.2, 0.25) is 5.02 Å². The van der Waals surface area contributed by atoms with Crippen LogP contribution >= 0.6 is 11.6 Å². The summed E-state index contributed by atoms with van der Waals surface area (Å²) in [7, 11) is 0.978. The first-order chi connectivity index (χ1) is 13.8. The lowest BCUT2D eigenvalue weighted by Crippen LogP contribution is -2.50. The average Bonchev–Trinajstić information content (AvgIpc) is 2.69. The summed E-state index contributed by atoms with van der Waals surface area (Å²) in [6.07, 6.45) is 1.55. The minimum Gasteiger partial charge on any atom is -0.357 e. The van der Waals surface area contributed by atoms with Gasteiger partial charge in [-0.15, -0.1) is 0 Å². The number of hydrogen-bond acceptors (Lipinski definition) is 4. The Morgan fingerprint density at radius 3 is 2.38 bits per heavy atom. The Morgan fingerprint density at radius 2 is 1.86 bits per heavy atom. The zero-order valence-electron chi connectivity index (χ0n) is 17.9. The van der Waals surface area contributed by atoms with Crippen molar-refractivity contribution in [2.45, 2.75) is 38.8 Å². The third-order valence-corrected chi connectivity index (χ3v) is 7.33. The van der Waals surface area contributed by atoms with Crippen LogP contribution in [0.1, 0.15) is 38.3 Å². The smallest absolute Gasteiger partial charge is 0.213 e. The Morgan fingerprint density at radius 1 is 1.24 bits per heavy atom.